The van der Waals surface area contributed by atoms with Gasteiger partial charge in [0.2, 0.25) is 10.0 Å². The molecule has 1 atom stereocenters. The number of nitrogens with zero attached hydrogens (tertiary/aromatic N) is 2. The van der Waals surface area contributed by atoms with Gasteiger partial charge in [-0.05, 0) is 41.9 Å². The third-order valence-electron chi connectivity index (χ3n) is 4.28. The van der Waals surface area contributed by atoms with E-state index < -0.39 is 10.0 Å². The quantitative estimate of drug-likeness (QED) is 0.844. The van der Waals surface area contributed by atoms with Crippen molar-refractivity contribution in [2.75, 3.05) is 39.3 Å². The van der Waals surface area contributed by atoms with E-state index in [4.69, 9.17) is 0 Å². The van der Waals surface area contributed by atoms with Crippen LogP contribution in [0.1, 0.15) is 11.3 Å². The van der Waals surface area contributed by atoms with E-state index in [1.54, 1.807) is 10.4 Å². The van der Waals surface area contributed by atoms with E-state index >= 15 is 0 Å². The van der Waals surface area contributed by atoms with Crippen LogP contribution < -0.4 is 5.32 Å². The summed E-state index contributed by atoms with van der Waals surface area (Å²) in [4.78, 5) is 3.72. The Bertz CT molecular complexity index is 603. The van der Waals surface area contributed by atoms with Crippen LogP contribution in [0.2, 0.25) is 0 Å². The van der Waals surface area contributed by atoms with Crippen molar-refractivity contribution in [2.45, 2.75) is 24.3 Å². The number of rotatable bonds is 3. The Balaban J connectivity index is 1.69. The van der Waals surface area contributed by atoms with E-state index in [9.17, 15) is 8.42 Å². The predicted molar refractivity (Wildman–Crippen MR) is 88.4 cm³/mol. The molecule has 2 saturated heterocycles. The summed E-state index contributed by atoms with van der Waals surface area (Å²) < 4.78 is 28.0. The maximum Gasteiger partial charge on any atom is 0.244 e. The van der Waals surface area contributed by atoms with Crippen LogP contribution in [0.25, 0.3) is 0 Å². The molecule has 2 aliphatic heterocycles. The second-order valence-electron chi connectivity index (χ2n) is 5.56. The van der Waals surface area contributed by atoms with Gasteiger partial charge in [-0.2, -0.15) is 4.31 Å². The molecule has 118 valence electrons. The summed E-state index contributed by atoms with van der Waals surface area (Å²) in [6, 6.07) is 2.30. The van der Waals surface area contributed by atoms with Crippen molar-refractivity contribution in [1.82, 2.24) is 14.5 Å². The van der Waals surface area contributed by atoms with Crippen LogP contribution in [0, 0.1) is 6.92 Å². The predicted octanol–water partition coefficient (Wildman–Crippen LogP) is 1.49. The molecular formula is C13H20BrN3O2S2. The van der Waals surface area contributed by atoms with Gasteiger partial charge in [0.15, 0.2) is 0 Å². The standard InChI is InChI=1S/C13H20BrN3O2S2/c1-10-12(8-13(14)20-10)21(18,19)17-6-4-16(5-7-17)11-2-3-15-9-11/h8,11,15H,2-7,9H2,1H3. The van der Waals surface area contributed by atoms with Crippen molar-refractivity contribution in [3.8, 4) is 0 Å². The smallest absolute Gasteiger partial charge is 0.244 e. The van der Waals surface area contributed by atoms with Crippen molar-refractivity contribution in [1.29, 1.82) is 0 Å². The summed E-state index contributed by atoms with van der Waals surface area (Å²) in [5.74, 6) is 0. The molecule has 0 radical (unpaired) electrons. The molecule has 0 saturated carbocycles. The minimum absolute atomic E-state index is 0.454. The molecule has 0 spiro atoms. The van der Waals surface area contributed by atoms with Gasteiger partial charge in [-0.25, -0.2) is 8.42 Å². The Morgan fingerprint density at radius 1 is 1.33 bits per heavy atom. The topological polar surface area (TPSA) is 52.7 Å². The molecule has 3 rings (SSSR count). The fourth-order valence-corrected chi connectivity index (χ4v) is 6.89. The number of halogens is 1. The van der Waals surface area contributed by atoms with Gasteiger partial charge in [-0.1, -0.05) is 0 Å². The van der Waals surface area contributed by atoms with Gasteiger partial charge in [-0.3, -0.25) is 4.90 Å². The largest absolute Gasteiger partial charge is 0.315 e. The van der Waals surface area contributed by atoms with Gasteiger partial charge in [0, 0.05) is 43.6 Å². The van der Waals surface area contributed by atoms with Gasteiger partial charge < -0.3 is 5.32 Å². The van der Waals surface area contributed by atoms with Crippen molar-refractivity contribution >= 4 is 37.3 Å². The second-order valence-corrected chi connectivity index (χ2v) is 10.1. The molecule has 0 aromatic carbocycles. The number of nitrogens with one attached hydrogen (secondary N) is 1. The van der Waals surface area contributed by atoms with E-state index in [1.807, 2.05) is 6.92 Å². The normalized spacial score (nSPS) is 25.5. The van der Waals surface area contributed by atoms with Crippen LogP contribution in [0.15, 0.2) is 14.7 Å². The van der Waals surface area contributed by atoms with Gasteiger partial charge in [0.05, 0.1) is 8.68 Å². The molecule has 8 heteroatoms. The Morgan fingerprint density at radius 2 is 2.05 bits per heavy atom. The van der Waals surface area contributed by atoms with Crippen molar-refractivity contribution in [2.24, 2.45) is 0 Å². The average Bonchev–Trinajstić information content (AvgIpc) is 3.09. The van der Waals surface area contributed by atoms with Gasteiger partial charge in [0.1, 0.15) is 0 Å². The maximum absolute atomic E-state index is 12.7. The number of hydrogen-bond donors (Lipinski definition) is 1. The Labute approximate surface area is 138 Å². The van der Waals surface area contributed by atoms with Crippen molar-refractivity contribution in [3.63, 3.8) is 0 Å². The summed E-state index contributed by atoms with van der Waals surface area (Å²) in [6.07, 6.45) is 1.17. The number of piperazine rings is 1. The molecular weight excluding hydrogens is 374 g/mol. The minimum Gasteiger partial charge on any atom is -0.315 e. The maximum atomic E-state index is 12.7. The highest BCUT2D eigenvalue weighted by atomic mass is 79.9. The number of sulfonamides is 1. The number of hydrogen-bond acceptors (Lipinski definition) is 5. The lowest BCUT2D eigenvalue weighted by atomic mass is 10.2. The van der Waals surface area contributed by atoms with E-state index in [0.717, 1.165) is 34.8 Å². The van der Waals surface area contributed by atoms with Crippen LogP contribution in [-0.2, 0) is 10.0 Å². The first-order valence-electron chi connectivity index (χ1n) is 7.19. The van der Waals surface area contributed by atoms with Crippen LogP contribution in [-0.4, -0.2) is 62.9 Å². The summed E-state index contributed by atoms with van der Waals surface area (Å²) >= 11 is 4.85. The minimum atomic E-state index is -3.35. The highest BCUT2D eigenvalue weighted by Crippen LogP contribution is 2.32. The van der Waals surface area contributed by atoms with Crippen LogP contribution >= 0.6 is 27.3 Å². The van der Waals surface area contributed by atoms with Crippen LogP contribution in [0.4, 0.5) is 0 Å². The lowest BCUT2D eigenvalue weighted by Gasteiger charge is -2.37. The molecule has 1 aromatic heterocycles. The zero-order chi connectivity index (χ0) is 15.0. The first-order valence-corrected chi connectivity index (χ1v) is 10.2. The summed E-state index contributed by atoms with van der Waals surface area (Å²) in [6.45, 7) is 6.81. The number of thiophene rings is 1. The third-order valence-corrected chi connectivity index (χ3v) is 7.99. The zero-order valence-electron chi connectivity index (χ0n) is 12.0. The van der Waals surface area contributed by atoms with Gasteiger partial charge >= 0.3 is 0 Å². The molecule has 1 N–H and O–H groups in total. The van der Waals surface area contributed by atoms with E-state index in [0.29, 0.717) is 24.0 Å². The van der Waals surface area contributed by atoms with Crippen molar-refractivity contribution in [3.05, 3.63) is 14.7 Å². The summed E-state index contributed by atoms with van der Waals surface area (Å²) in [5.41, 5.74) is 0. The van der Waals surface area contributed by atoms with Crippen LogP contribution in [0.3, 0.4) is 0 Å². The van der Waals surface area contributed by atoms with Gasteiger partial charge in [0.25, 0.3) is 0 Å². The van der Waals surface area contributed by atoms with Crippen LogP contribution in [0.5, 0.6) is 0 Å². The van der Waals surface area contributed by atoms with Gasteiger partial charge in [-0.15, -0.1) is 11.3 Å². The lowest BCUT2D eigenvalue weighted by Crippen LogP contribution is -2.52. The monoisotopic (exact) mass is 393 g/mol. The van der Waals surface area contributed by atoms with E-state index in [1.165, 1.54) is 17.8 Å². The SMILES string of the molecule is Cc1sc(Br)cc1S(=O)(=O)N1CCN(C2CCNC2)CC1. The molecule has 1 aromatic rings. The Morgan fingerprint density at radius 3 is 2.57 bits per heavy atom. The highest BCUT2D eigenvalue weighted by molar-refractivity contribution is 9.11. The Kier molecular flexibility index (Phi) is 4.73. The molecule has 2 fully saturated rings. The summed E-state index contributed by atoms with van der Waals surface area (Å²) in [5, 5.41) is 3.37. The Hall–Kier alpha value is 0.01000. The first kappa shape index (κ1) is 15.9. The zero-order valence-corrected chi connectivity index (χ0v) is 15.2. The van der Waals surface area contributed by atoms with E-state index in [2.05, 4.69) is 26.1 Å². The fourth-order valence-electron chi connectivity index (χ4n) is 3.09. The number of aryl methyl sites for hydroxylation is 1. The van der Waals surface area contributed by atoms with Crippen molar-refractivity contribution < 1.29 is 8.42 Å². The second kappa shape index (κ2) is 6.25. The molecule has 5 nitrogen and oxygen atoms in total. The molecule has 2 aliphatic rings. The first-order chi connectivity index (χ1) is 9.98. The third kappa shape index (κ3) is 3.20. The lowest BCUT2D eigenvalue weighted by molar-refractivity contribution is 0.145. The molecule has 3 heterocycles. The molecule has 0 aliphatic carbocycles. The fraction of sp³-hybridized carbons (Fsp3) is 0.692. The van der Waals surface area contributed by atoms with E-state index in [-0.39, 0.29) is 0 Å². The summed E-state index contributed by atoms with van der Waals surface area (Å²) in [7, 11) is -3.35. The molecule has 0 bridgehead atoms. The average molecular weight is 394 g/mol. The highest BCUT2D eigenvalue weighted by Gasteiger charge is 2.33. The molecule has 1 unspecified atom stereocenters. The molecule has 0 amide bonds. The molecule has 21 heavy (non-hydrogen) atoms.